The van der Waals surface area contributed by atoms with Crippen LogP contribution in [0.25, 0.3) is 0 Å². The van der Waals surface area contributed by atoms with Crippen LogP contribution in [0.15, 0.2) is 10.2 Å². The summed E-state index contributed by atoms with van der Waals surface area (Å²) >= 11 is 0. The highest BCUT2D eigenvalue weighted by atomic mass is 15.3. The first kappa shape index (κ1) is 10.4. The van der Waals surface area contributed by atoms with Crippen LogP contribution in [0.2, 0.25) is 0 Å². The van der Waals surface area contributed by atoms with Crippen molar-refractivity contribution in [1.82, 2.24) is 0 Å². The Labute approximate surface area is 110 Å². The van der Waals surface area contributed by atoms with E-state index in [4.69, 9.17) is 10.2 Å². The van der Waals surface area contributed by atoms with Gasteiger partial charge in [-0.2, -0.15) is 10.2 Å². The molecule has 2 bridgehead atoms. The molecule has 5 aliphatic rings. The van der Waals surface area contributed by atoms with Crippen LogP contribution in [0.1, 0.15) is 47.0 Å². The van der Waals surface area contributed by atoms with E-state index < -0.39 is 0 Å². The molecule has 4 saturated carbocycles. The van der Waals surface area contributed by atoms with E-state index in [0.717, 1.165) is 35.5 Å². The fourth-order valence-electron chi connectivity index (χ4n) is 7.13. The van der Waals surface area contributed by atoms with E-state index in [1.54, 1.807) is 0 Å². The van der Waals surface area contributed by atoms with Crippen molar-refractivity contribution >= 4 is 0 Å². The molecule has 4 fully saturated rings. The quantitative estimate of drug-likeness (QED) is 0.617. The molecular formula is C16H24N2. The third-order valence-electron chi connectivity index (χ3n) is 8.57. The van der Waals surface area contributed by atoms with Gasteiger partial charge >= 0.3 is 0 Å². The van der Waals surface area contributed by atoms with E-state index in [2.05, 4.69) is 27.7 Å². The molecule has 8 atom stereocenters. The Bertz CT molecular complexity index is 441. The van der Waals surface area contributed by atoms with Gasteiger partial charge < -0.3 is 0 Å². The molecule has 18 heavy (non-hydrogen) atoms. The second-order valence-corrected chi connectivity index (χ2v) is 8.58. The SMILES string of the molecule is CC12N=N[C@@](C)([C@@H]3C1C1C4CCC[C@@H]4[C@H]13)C2(C)C. The molecule has 1 heterocycles. The average molecular weight is 244 g/mol. The number of hydrogen-bond acceptors (Lipinski definition) is 2. The highest BCUT2D eigenvalue weighted by Gasteiger charge is 2.85. The first-order valence-electron chi connectivity index (χ1n) is 7.87. The summed E-state index contributed by atoms with van der Waals surface area (Å²) in [5.74, 6) is 5.91. The van der Waals surface area contributed by atoms with Gasteiger partial charge in [0.15, 0.2) is 0 Å². The Hall–Kier alpha value is -0.400. The zero-order valence-electron chi connectivity index (χ0n) is 12.0. The van der Waals surface area contributed by atoms with Gasteiger partial charge in [0.05, 0.1) is 11.1 Å². The van der Waals surface area contributed by atoms with Crippen LogP contribution in [0.3, 0.4) is 0 Å². The summed E-state index contributed by atoms with van der Waals surface area (Å²) in [4.78, 5) is 0. The van der Waals surface area contributed by atoms with Crippen molar-refractivity contribution in [2.45, 2.75) is 58.0 Å². The van der Waals surface area contributed by atoms with E-state index in [1.807, 2.05) is 0 Å². The van der Waals surface area contributed by atoms with Crippen LogP contribution in [0, 0.1) is 40.9 Å². The van der Waals surface area contributed by atoms with Crippen LogP contribution in [0.4, 0.5) is 0 Å². The molecular weight excluding hydrogens is 220 g/mol. The van der Waals surface area contributed by atoms with Crippen molar-refractivity contribution in [2.75, 3.05) is 0 Å². The van der Waals surface area contributed by atoms with E-state index in [0.29, 0.717) is 0 Å². The fourth-order valence-corrected chi connectivity index (χ4v) is 7.13. The van der Waals surface area contributed by atoms with Gasteiger partial charge in [0.1, 0.15) is 0 Å². The molecule has 0 aromatic carbocycles. The van der Waals surface area contributed by atoms with Gasteiger partial charge in [0.25, 0.3) is 0 Å². The molecule has 0 amide bonds. The maximum Gasteiger partial charge on any atom is 0.0897 e. The molecule has 4 aliphatic carbocycles. The first-order valence-corrected chi connectivity index (χ1v) is 7.87. The zero-order valence-corrected chi connectivity index (χ0v) is 12.0. The van der Waals surface area contributed by atoms with Gasteiger partial charge in [-0.05, 0) is 62.2 Å². The topological polar surface area (TPSA) is 24.7 Å². The summed E-state index contributed by atoms with van der Waals surface area (Å²) < 4.78 is 0. The van der Waals surface area contributed by atoms with Gasteiger partial charge in [0, 0.05) is 5.41 Å². The van der Waals surface area contributed by atoms with Crippen molar-refractivity contribution in [2.24, 2.45) is 51.2 Å². The van der Waals surface area contributed by atoms with Crippen LogP contribution in [-0.2, 0) is 0 Å². The summed E-state index contributed by atoms with van der Waals surface area (Å²) in [7, 11) is 0. The minimum absolute atomic E-state index is 0.140. The molecule has 2 nitrogen and oxygen atoms in total. The van der Waals surface area contributed by atoms with E-state index in [-0.39, 0.29) is 16.5 Å². The number of azo groups is 1. The minimum atomic E-state index is 0.140. The largest absolute Gasteiger partial charge is 0.186 e. The van der Waals surface area contributed by atoms with Crippen LogP contribution < -0.4 is 0 Å². The second kappa shape index (κ2) is 2.45. The summed E-state index contributed by atoms with van der Waals surface area (Å²) in [5.41, 5.74) is 0.545. The Balaban J connectivity index is 1.65. The van der Waals surface area contributed by atoms with Crippen LogP contribution >= 0.6 is 0 Å². The summed E-state index contributed by atoms with van der Waals surface area (Å²) in [6.07, 6.45) is 4.52. The average Bonchev–Trinajstić information content (AvgIpc) is 2.76. The Kier molecular flexibility index (Phi) is 1.42. The molecule has 2 heteroatoms. The van der Waals surface area contributed by atoms with Crippen molar-refractivity contribution in [1.29, 1.82) is 0 Å². The number of nitrogens with zero attached hydrogens (tertiary/aromatic N) is 2. The zero-order chi connectivity index (χ0) is 12.5. The van der Waals surface area contributed by atoms with Crippen molar-refractivity contribution in [3.63, 3.8) is 0 Å². The molecule has 0 radical (unpaired) electrons. The lowest BCUT2D eigenvalue weighted by Crippen LogP contribution is -2.68. The Morgan fingerprint density at radius 2 is 1.22 bits per heavy atom. The van der Waals surface area contributed by atoms with Crippen LogP contribution in [0.5, 0.6) is 0 Å². The fraction of sp³-hybridized carbons (Fsp3) is 1.00. The predicted octanol–water partition coefficient (Wildman–Crippen LogP) is 3.92. The molecule has 1 aliphatic heterocycles. The summed E-state index contributed by atoms with van der Waals surface area (Å²) in [6, 6.07) is 0. The van der Waals surface area contributed by atoms with E-state index in [1.165, 1.54) is 19.3 Å². The molecule has 0 saturated heterocycles. The smallest absolute Gasteiger partial charge is 0.0897 e. The van der Waals surface area contributed by atoms with E-state index >= 15 is 0 Å². The first-order chi connectivity index (χ1) is 8.43. The maximum atomic E-state index is 4.80. The predicted molar refractivity (Wildman–Crippen MR) is 70.2 cm³/mol. The third-order valence-corrected chi connectivity index (χ3v) is 8.57. The monoisotopic (exact) mass is 244 g/mol. The van der Waals surface area contributed by atoms with Crippen molar-refractivity contribution < 1.29 is 0 Å². The van der Waals surface area contributed by atoms with Crippen molar-refractivity contribution in [3.8, 4) is 0 Å². The second-order valence-electron chi connectivity index (χ2n) is 8.58. The van der Waals surface area contributed by atoms with Gasteiger partial charge in [-0.15, -0.1) is 0 Å². The van der Waals surface area contributed by atoms with Gasteiger partial charge in [-0.3, -0.25) is 0 Å². The van der Waals surface area contributed by atoms with Crippen molar-refractivity contribution in [3.05, 3.63) is 0 Å². The molecule has 5 rings (SSSR count). The van der Waals surface area contributed by atoms with Gasteiger partial charge in [0.2, 0.25) is 0 Å². The van der Waals surface area contributed by atoms with Gasteiger partial charge in [-0.25, -0.2) is 0 Å². The third kappa shape index (κ3) is 0.667. The maximum absolute atomic E-state index is 4.80. The van der Waals surface area contributed by atoms with E-state index in [9.17, 15) is 0 Å². The lowest BCUT2D eigenvalue weighted by atomic mass is 9.36. The molecule has 0 N–H and O–H groups in total. The van der Waals surface area contributed by atoms with Gasteiger partial charge in [-0.1, -0.05) is 20.3 Å². The number of hydrogen-bond donors (Lipinski definition) is 0. The number of rotatable bonds is 0. The molecule has 0 spiro atoms. The molecule has 98 valence electrons. The summed E-state index contributed by atoms with van der Waals surface area (Å²) in [5, 5.41) is 9.60. The highest BCUT2D eigenvalue weighted by molar-refractivity contribution is 5.36. The molecule has 0 aromatic rings. The lowest BCUT2D eigenvalue weighted by Gasteiger charge is -2.69. The Morgan fingerprint density at radius 3 is 1.67 bits per heavy atom. The standard InChI is InChI=1S/C16H24N2/c1-14(2)15(3)12-10-8-6-5-7-9(8)11(10)13(12)16(14,4)18-17-15/h8-13H,5-7H2,1-4H3/t8-,9?,10+,11?,12-,13?,15-,16?/m0/s1. The minimum Gasteiger partial charge on any atom is -0.186 e. The summed E-state index contributed by atoms with van der Waals surface area (Å²) in [6.45, 7) is 9.68. The van der Waals surface area contributed by atoms with Crippen LogP contribution in [-0.4, -0.2) is 11.1 Å². The normalized spacial score (nSPS) is 69.1. The Morgan fingerprint density at radius 1 is 0.778 bits per heavy atom. The lowest BCUT2D eigenvalue weighted by molar-refractivity contribution is -0.211. The molecule has 4 unspecified atom stereocenters. The highest BCUT2D eigenvalue weighted by Crippen LogP contribution is 2.83. The molecule has 0 aromatic heterocycles. The number of fused-ring (bicyclic) bond motifs is 11.